The number of nitrogens with zero attached hydrogens (tertiary/aromatic N) is 1. The Kier molecular flexibility index (Phi) is 5.26. The molecule has 106 valence electrons. The molecular weight excluding hydrogens is 256 g/mol. The summed E-state index contributed by atoms with van der Waals surface area (Å²) in [4.78, 5) is 2.52. The maximum atomic E-state index is 5.96. The first-order chi connectivity index (χ1) is 9.11. The molecule has 0 amide bonds. The first kappa shape index (κ1) is 14.8. The van der Waals surface area contributed by atoms with Crippen molar-refractivity contribution in [1.29, 1.82) is 0 Å². The SMILES string of the molecule is CNC1CCC(N(C)C(C)c2ccc(Cl)cc2)CC1. The van der Waals surface area contributed by atoms with Gasteiger partial charge in [0, 0.05) is 23.1 Å². The van der Waals surface area contributed by atoms with E-state index in [1.54, 1.807) is 0 Å². The van der Waals surface area contributed by atoms with E-state index in [-0.39, 0.29) is 0 Å². The Labute approximate surface area is 122 Å². The average molecular weight is 281 g/mol. The molecule has 0 aliphatic heterocycles. The predicted molar refractivity (Wildman–Crippen MR) is 82.7 cm³/mol. The first-order valence-corrected chi connectivity index (χ1v) is 7.64. The van der Waals surface area contributed by atoms with Crippen molar-refractivity contribution in [3.63, 3.8) is 0 Å². The summed E-state index contributed by atoms with van der Waals surface area (Å²) in [6.07, 6.45) is 5.16. The van der Waals surface area contributed by atoms with E-state index in [0.717, 1.165) is 11.1 Å². The normalized spacial score (nSPS) is 25.5. The molecule has 1 unspecified atom stereocenters. The number of rotatable bonds is 4. The van der Waals surface area contributed by atoms with Gasteiger partial charge in [0.2, 0.25) is 0 Å². The van der Waals surface area contributed by atoms with Crippen LogP contribution in [0.5, 0.6) is 0 Å². The van der Waals surface area contributed by atoms with Gasteiger partial charge in [0.1, 0.15) is 0 Å². The zero-order valence-electron chi connectivity index (χ0n) is 12.2. The highest BCUT2D eigenvalue weighted by Gasteiger charge is 2.26. The van der Waals surface area contributed by atoms with Gasteiger partial charge in [-0.2, -0.15) is 0 Å². The summed E-state index contributed by atoms with van der Waals surface area (Å²) in [7, 11) is 4.33. The fraction of sp³-hybridized carbons (Fsp3) is 0.625. The maximum Gasteiger partial charge on any atom is 0.0406 e. The standard InChI is InChI=1S/C16H25ClN2/c1-12(13-4-6-14(17)7-5-13)19(3)16-10-8-15(18-2)9-11-16/h4-7,12,15-16,18H,8-11H2,1-3H3. The number of hydrogen-bond acceptors (Lipinski definition) is 2. The third-order valence-electron chi connectivity index (χ3n) is 4.64. The van der Waals surface area contributed by atoms with E-state index in [1.165, 1.54) is 31.2 Å². The van der Waals surface area contributed by atoms with E-state index >= 15 is 0 Å². The quantitative estimate of drug-likeness (QED) is 0.901. The molecule has 0 radical (unpaired) electrons. The van der Waals surface area contributed by atoms with Crippen LogP contribution in [0.15, 0.2) is 24.3 Å². The Balaban J connectivity index is 1.95. The van der Waals surface area contributed by atoms with E-state index in [0.29, 0.717) is 12.1 Å². The van der Waals surface area contributed by atoms with E-state index in [9.17, 15) is 0 Å². The second kappa shape index (κ2) is 6.74. The summed E-state index contributed by atoms with van der Waals surface area (Å²) in [6, 6.07) is 10.1. The zero-order chi connectivity index (χ0) is 13.8. The predicted octanol–water partition coefficient (Wildman–Crippen LogP) is 3.86. The highest BCUT2D eigenvalue weighted by atomic mass is 35.5. The molecule has 1 aliphatic rings. The molecular formula is C16H25ClN2. The zero-order valence-corrected chi connectivity index (χ0v) is 13.0. The second-order valence-corrected chi connectivity index (χ2v) is 6.12. The van der Waals surface area contributed by atoms with Crippen molar-refractivity contribution >= 4 is 11.6 Å². The Morgan fingerprint density at radius 1 is 1.16 bits per heavy atom. The fourth-order valence-corrected chi connectivity index (χ4v) is 3.19. The van der Waals surface area contributed by atoms with Crippen molar-refractivity contribution < 1.29 is 0 Å². The van der Waals surface area contributed by atoms with E-state index in [4.69, 9.17) is 11.6 Å². The summed E-state index contributed by atoms with van der Waals surface area (Å²) < 4.78 is 0. The van der Waals surface area contributed by atoms with Crippen LogP contribution in [0.2, 0.25) is 5.02 Å². The highest BCUT2D eigenvalue weighted by molar-refractivity contribution is 6.30. The van der Waals surface area contributed by atoms with Crippen LogP contribution in [0.1, 0.15) is 44.2 Å². The van der Waals surface area contributed by atoms with Crippen molar-refractivity contribution in [1.82, 2.24) is 10.2 Å². The molecule has 1 fully saturated rings. The lowest BCUT2D eigenvalue weighted by Crippen LogP contribution is -2.40. The van der Waals surface area contributed by atoms with Crippen molar-refractivity contribution in [2.45, 2.75) is 50.7 Å². The summed E-state index contributed by atoms with van der Waals surface area (Å²) in [5, 5.41) is 4.21. The molecule has 0 heterocycles. The van der Waals surface area contributed by atoms with Crippen LogP contribution in [-0.2, 0) is 0 Å². The topological polar surface area (TPSA) is 15.3 Å². The molecule has 0 saturated heterocycles. The van der Waals surface area contributed by atoms with Crippen molar-refractivity contribution in [3.8, 4) is 0 Å². The largest absolute Gasteiger partial charge is 0.317 e. The fourth-order valence-electron chi connectivity index (χ4n) is 3.06. The van der Waals surface area contributed by atoms with Crippen LogP contribution in [0.25, 0.3) is 0 Å². The lowest BCUT2D eigenvalue weighted by Gasteiger charge is -2.38. The number of benzene rings is 1. The van der Waals surface area contributed by atoms with Gasteiger partial charge in [-0.15, -0.1) is 0 Å². The number of halogens is 1. The third kappa shape index (κ3) is 3.71. The van der Waals surface area contributed by atoms with Crippen molar-refractivity contribution in [2.75, 3.05) is 14.1 Å². The third-order valence-corrected chi connectivity index (χ3v) is 4.90. The van der Waals surface area contributed by atoms with Crippen molar-refractivity contribution in [3.05, 3.63) is 34.9 Å². The molecule has 1 aromatic rings. The molecule has 3 heteroatoms. The number of nitrogens with one attached hydrogen (secondary N) is 1. The van der Waals surface area contributed by atoms with Gasteiger partial charge in [-0.05, 0) is 64.4 Å². The average Bonchev–Trinajstić information content (AvgIpc) is 2.46. The van der Waals surface area contributed by atoms with Crippen LogP contribution in [-0.4, -0.2) is 31.1 Å². The molecule has 1 aromatic carbocycles. The minimum Gasteiger partial charge on any atom is -0.317 e. The van der Waals surface area contributed by atoms with Crippen LogP contribution >= 0.6 is 11.6 Å². The number of hydrogen-bond donors (Lipinski definition) is 1. The van der Waals surface area contributed by atoms with Gasteiger partial charge in [-0.3, -0.25) is 4.90 Å². The smallest absolute Gasteiger partial charge is 0.0406 e. The van der Waals surface area contributed by atoms with Gasteiger partial charge in [-0.25, -0.2) is 0 Å². The van der Waals surface area contributed by atoms with Crippen LogP contribution < -0.4 is 5.32 Å². The van der Waals surface area contributed by atoms with Gasteiger partial charge in [0.25, 0.3) is 0 Å². The highest BCUT2D eigenvalue weighted by Crippen LogP contribution is 2.29. The minimum atomic E-state index is 0.452. The maximum absolute atomic E-state index is 5.96. The first-order valence-electron chi connectivity index (χ1n) is 7.26. The lowest BCUT2D eigenvalue weighted by atomic mass is 9.89. The monoisotopic (exact) mass is 280 g/mol. The second-order valence-electron chi connectivity index (χ2n) is 5.69. The van der Waals surface area contributed by atoms with E-state index in [2.05, 4.69) is 43.4 Å². The Hall–Kier alpha value is -0.570. The molecule has 0 spiro atoms. The molecule has 19 heavy (non-hydrogen) atoms. The summed E-state index contributed by atoms with van der Waals surface area (Å²) in [5.74, 6) is 0. The van der Waals surface area contributed by atoms with Gasteiger partial charge < -0.3 is 5.32 Å². The molecule has 0 aromatic heterocycles. The molecule has 0 bridgehead atoms. The lowest BCUT2D eigenvalue weighted by molar-refractivity contribution is 0.136. The Morgan fingerprint density at radius 2 is 1.74 bits per heavy atom. The Bertz CT molecular complexity index is 382. The minimum absolute atomic E-state index is 0.452. The van der Waals surface area contributed by atoms with Crippen LogP contribution in [0, 0.1) is 0 Å². The molecule has 1 saturated carbocycles. The summed E-state index contributed by atoms with van der Waals surface area (Å²) in [5.41, 5.74) is 1.35. The molecule has 1 aliphatic carbocycles. The van der Waals surface area contributed by atoms with Gasteiger partial charge >= 0.3 is 0 Å². The molecule has 1 N–H and O–H groups in total. The van der Waals surface area contributed by atoms with Crippen LogP contribution in [0.4, 0.5) is 0 Å². The van der Waals surface area contributed by atoms with Gasteiger partial charge in [0.15, 0.2) is 0 Å². The summed E-state index contributed by atoms with van der Waals surface area (Å²) in [6.45, 7) is 2.29. The molecule has 1 atom stereocenters. The van der Waals surface area contributed by atoms with Crippen LogP contribution in [0.3, 0.4) is 0 Å². The van der Waals surface area contributed by atoms with Gasteiger partial charge in [-0.1, -0.05) is 23.7 Å². The van der Waals surface area contributed by atoms with E-state index < -0.39 is 0 Å². The summed E-state index contributed by atoms with van der Waals surface area (Å²) >= 11 is 5.96. The Morgan fingerprint density at radius 3 is 2.26 bits per heavy atom. The molecule has 2 nitrogen and oxygen atoms in total. The molecule has 2 rings (SSSR count). The van der Waals surface area contributed by atoms with Gasteiger partial charge in [0.05, 0.1) is 0 Å². The van der Waals surface area contributed by atoms with E-state index in [1.807, 2.05) is 12.1 Å². The van der Waals surface area contributed by atoms with Crippen molar-refractivity contribution in [2.24, 2.45) is 0 Å².